The van der Waals surface area contributed by atoms with Crippen LogP contribution in [0.5, 0.6) is 0 Å². The number of amides is 1. The predicted molar refractivity (Wildman–Crippen MR) is 105 cm³/mol. The molecule has 1 atom stereocenters. The van der Waals surface area contributed by atoms with E-state index in [2.05, 4.69) is 18.3 Å². The molecule has 0 bridgehead atoms. The van der Waals surface area contributed by atoms with Crippen LogP contribution in [0.2, 0.25) is 0 Å². The van der Waals surface area contributed by atoms with Gasteiger partial charge in [-0.1, -0.05) is 19.1 Å². The molecule has 1 heterocycles. The maximum Gasteiger partial charge on any atom is 0.331 e. The highest BCUT2D eigenvalue weighted by molar-refractivity contribution is 7.16. The van der Waals surface area contributed by atoms with Crippen LogP contribution < -0.4 is 5.32 Å². The molecule has 3 rings (SSSR count). The van der Waals surface area contributed by atoms with E-state index in [1.807, 2.05) is 0 Å². The Kier molecular flexibility index (Phi) is 6.22. The lowest BCUT2D eigenvalue weighted by molar-refractivity contribution is -0.142. The summed E-state index contributed by atoms with van der Waals surface area (Å²) >= 11 is 1.42. The van der Waals surface area contributed by atoms with Gasteiger partial charge in [-0.05, 0) is 54.5 Å². The van der Waals surface area contributed by atoms with E-state index in [-0.39, 0.29) is 0 Å². The lowest BCUT2D eigenvalue weighted by Crippen LogP contribution is -2.20. The highest BCUT2D eigenvalue weighted by Crippen LogP contribution is 2.39. The molecule has 2 aromatic rings. The number of esters is 1. The number of rotatable bonds is 5. The summed E-state index contributed by atoms with van der Waals surface area (Å²) in [4.78, 5) is 25.0. The van der Waals surface area contributed by atoms with Crippen molar-refractivity contribution in [2.45, 2.75) is 26.2 Å². The summed E-state index contributed by atoms with van der Waals surface area (Å²) in [5.41, 5.74) is 2.05. The normalized spacial score (nSPS) is 15.7. The van der Waals surface area contributed by atoms with Gasteiger partial charge in [0.05, 0.1) is 5.56 Å². The van der Waals surface area contributed by atoms with Crippen molar-refractivity contribution in [3.05, 3.63) is 57.7 Å². The van der Waals surface area contributed by atoms with Gasteiger partial charge in [0.25, 0.3) is 5.91 Å². The van der Waals surface area contributed by atoms with E-state index in [0.29, 0.717) is 22.0 Å². The number of nitrogens with zero attached hydrogens (tertiary/aromatic N) is 1. The molecule has 28 heavy (non-hydrogen) atoms. The van der Waals surface area contributed by atoms with Gasteiger partial charge in [-0.15, -0.1) is 11.3 Å². The Hall–Kier alpha value is -2.98. The number of nitriles is 1. The molecular weight excluding hydrogens is 379 g/mol. The predicted octanol–water partition coefficient (Wildman–Crippen LogP) is 4.08. The third kappa shape index (κ3) is 4.84. The molecule has 1 aromatic heterocycles. The summed E-state index contributed by atoms with van der Waals surface area (Å²) in [6, 6.07) is 7.93. The van der Waals surface area contributed by atoms with Gasteiger partial charge < -0.3 is 10.1 Å². The van der Waals surface area contributed by atoms with E-state index in [4.69, 9.17) is 4.74 Å². The first kappa shape index (κ1) is 19.8. The number of nitrogens with one attached hydrogen (secondary N) is 1. The van der Waals surface area contributed by atoms with Crippen molar-refractivity contribution in [2.75, 3.05) is 11.9 Å². The van der Waals surface area contributed by atoms with Crippen LogP contribution in [0, 0.1) is 23.1 Å². The molecule has 1 aliphatic rings. The van der Waals surface area contributed by atoms with Gasteiger partial charge in [-0.25, -0.2) is 9.18 Å². The zero-order chi connectivity index (χ0) is 20.1. The molecule has 0 fully saturated rings. The van der Waals surface area contributed by atoms with E-state index in [1.165, 1.54) is 35.6 Å². The fourth-order valence-electron chi connectivity index (χ4n) is 3.08. The smallest absolute Gasteiger partial charge is 0.331 e. The number of thiophene rings is 1. The fourth-order valence-corrected chi connectivity index (χ4v) is 4.46. The lowest BCUT2D eigenvalue weighted by atomic mass is 9.89. The molecule has 0 unspecified atom stereocenters. The van der Waals surface area contributed by atoms with Crippen molar-refractivity contribution in [3.63, 3.8) is 0 Å². The van der Waals surface area contributed by atoms with Crippen molar-refractivity contribution in [3.8, 4) is 6.07 Å². The molecule has 0 spiro atoms. The summed E-state index contributed by atoms with van der Waals surface area (Å²) in [6.07, 6.45) is 5.32. The number of carbonyl (C=O) groups is 2. The zero-order valence-electron chi connectivity index (χ0n) is 15.3. The quantitative estimate of drug-likeness (QED) is 0.608. The Morgan fingerprint density at radius 3 is 3.04 bits per heavy atom. The number of hydrogen-bond acceptors (Lipinski definition) is 5. The van der Waals surface area contributed by atoms with E-state index in [9.17, 15) is 19.2 Å². The number of carbonyl (C=O) groups excluding carboxylic acids is 2. The number of ether oxygens (including phenoxy) is 1. The van der Waals surface area contributed by atoms with Crippen LogP contribution in [0.1, 0.15) is 34.9 Å². The summed E-state index contributed by atoms with van der Waals surface area (Å²) in [5.74, 6) is -1.06. The summed E-state index contributed by atoms with van der Waals surface area (Å²) < 4.78 is 18.0. The van der Waals surface area contributed by atoms with Crippen molar-refractivity contribution < 1.29 is 18.7 Å². The largest absolute Gasteiger partial charge is 0.452 e. The van der Waals surface area contributed by atoms with Crippen LogP contribution in [-0.2, 0) is 27.2 Å². The van der Waals surface area contributed by atoms with Gasteiger partial charge in [-0.3, -0.25) is 4.79 Å². The molecule has 7 heteroatoms. The van der Waals surface area contributed by atoms with Gasteiger partial charge >= 0.3 is 5.97 Å². The van der Waals surface area contributed by atoms with Crippen molar-refractivity contribution in [1.82, 2.24) is 0 Å². The standard InChI is InChI=1S/C21H19FN2O3S/c1-13-5-7-16-17(11-23)21(28-18(16)9-13)24-19(25)12-27-20(26)8-6-14-3-2-4-15(22)10-14/h2-4,6,8,10,13H,5,7,9,12H2,1H3,(H,24,25)/b8-6+/t13-/m1/s1. The van der Waals surface area contributed by atoms with Crippen LogP contribution in [0.4, 0.5) is 9.39 Å². The highest BCUT2D eigenvalue weighted by atomic mass is 32.1. The van der Waals surface area contributed by atoms with Gasteiger partial charge in [0.2, 0.25) is 0 Å². The molecule has 1 aliphatic carbocycles. The molecule has 144 valence electrons. The average molecular weight is 398 g/mol. The Bertz CT molecular complexity index is 975. The average Bonchev–Trinajstić information content (AvgIpc) is 3.00. The van der Waals surface area contributed by atoms with Crippen molar-refractivity contribution in [1.29, 1.82) is 5.26 Å². The minimum atomic E-state index is -0.709. The van der Waals surface area contributed by atoms with Gasteiger partial charge in [0, 0.05) is 11.0 Å². The number of halogens is 1. The number of benzene rings is 1. The van der Waals surface area contributed by atoms with E-state index in [1.54, 1.807) is 6.07 Å². The minimum Gasteiger partial charge on any atom is -0.452 e. The Morgan fingerprint density at radius 2 is 2.29 bits per heavy atom. The molecule has 5 nitrogen and oxygen atoms in total. The minimum absolute atomic E-state index is 0.406. The number of anilines is 1. The second kappa shape index (κ2) is 8.81. The Morgan fingerprint density at radius 1 is 1.46 bits per heavy atom. The SMILES string of the molecule is C[C@@H]1CCc2c(sc(NC(=O)COC(=O)/C=C/c3cccc(F)c3)c2C#N)C1. The molecule has 0 aliphatic heterocycles. The molecular formula is C21H19FN2O3S. The number of fused-ring (bicyclic) bond motifs is 1. The zero-order valence-corrected chi connectivity index (χ0v) is 16.1. The topological polar surface area (TPSA) is 79.2 Å². The third-order valence-electron chi connectivity index (χ3n) is 4.48. The monoisotopic (exact) mass is 398 g/mol. The first-order valence-electron chi connectivity index (χ1n) is 8.91. The molecule has 0 radical (unpaired) electrons. The maximum atomic E-state index is 13.1. The van der Waals surface area contributed by atoms with Gasteiger partial charge in [-0.2, -0.15) is 5.26 Å². The number of hydrogen-bond donors (Lipinski definition) is 1. The fraction of sp³-hybridized carbons (Fsp3) is 0.286. The molecule has 1 aromatic carbocycles. The van der Waals surface area contributed by atoms with Crippen molar-refractivity contribution >= 4 is 34.3 Å². The van der Waals surface area contributed by atoms with E-state index in [0.717, 1.165) is 35.8 Å². The van der Waals surface area contributed by atoms with Crippen molar-refractivity contribution in [2.24, 2.45) is 5.92 Å². The van der Waals surface area contributed by atoms with E-state index < -0.39 is 24.3 Å². The van der Waals surface area contributed by atoms with Crippen LogP contribution in [0.25, 0.3) is 6.08 Å². The first-order valence-corrected chi connectivity index (χ1v) is 9.72. The second-order valence-electron chi connectivity index (χ2n) is 6.71. The summed E-state index contributed by atoms with van der Waals surface area (Å²) in [6.45, 7) is 1.71. The van der Waals surface area contributed by atoms with E-state index >= 15 is 0 Å². The second-order valence-corrected chi connectivity index (χ2v) is 7.82. The van der Waals surface area contributed by atoms with Crippen LogP contribution in [-0.4, -0.2) is 18.5 Å². The van der Waals surface area contributed by atoms with Crippen LogP contribution in [0.15, 0.2) is 30.3 Å². The maximum absolute atomic E-state index is 13.1. The molecule has 1 N–H and O–H groups in total. The first-order chi connectivity index (χ1) is 13.5. The van der Waals surface area contributed by atoms with Gasteiger partial charge in [0.1, 0.15) is 16.9 Å². The molecule has 0 saturated carbocycles. The van der Waals surface area contributed by atoms with Crippen LogP contribution in [0.3, 0.4) is 0 Å². The summed E-state index contributed by atoms with van der Waals surface area (Å²) in [5, 5.41) is 12.6. The Balaban J connectivity index is 1.56. The lowest BCUT2D eigenvalue weighted by Gasteiger charge is -2.17. The van der Waals surface area contributed by atoms with Gasteiger partial charge in [0.15, 0.2) is 6.61 Å². The summed E-state index contributed by atoms with van der Waals surface area (Å²) in [7, 11) is 0. The third-order valence-corrected chi connectivity index (χ3v) is 5.65. The highest BCUT2D eigenvalue weighted by Gasteiger charge is 2.24. The van der Waals surface area contributed by atoms with Crippen LogP contribution >= 0.6 is 11.3 Å². The molecule has 1 amide bonds. The molecule has 0 saturated heterocycles. The Labute approximate surface area is 166 Å².